The van der Waals surface area contributed by atoms with E-state index in [1.807, 2.05) is 62.4 Å². The number of aryl methyl sites for hydroxylation is 1. The quantitative estimate of drug-likeness (QED) is 0.800. The minimum absolute atomic E-state index is 0.0123. The van der Waals surface area contributed by atoms with Crippen molar-refractivity contribution in [3.63, 3.8) is 0 Å². The van der Waals surface area contributed by atoms with Gasteiger partial charge >= 0.3 is 0 Å². The number of amides is 1. The van der Waals surface area contributed by atoms with Crippen molar-refractivity contribution in [2.75, 3.05) is 13.2 Å². The maximum atomic E-state index is 12.1. The smallest absolute Gasteiger partial charge is 0.258 e. The summed E-state index contributed by atoms with van der Waals surface area (Å²) in [5, 5.41) is 2.95. The molecule has 24 heavy (non-hydrogen) atoms. The van der Waals surface area contributed by atoms with Gasteiger partial charge in [0.05, 0.1) is 12.6 Å². The highest BCUT2D eigenvalue weighted by Crippen LogP contribution is 2.19. The highest BCUT2D eigenvalue weighted by atomic mass is 16.5. The minimum Gasteiger partial charge on any atom is -0.494 e. The zero-order chi connectivity index (χ0) is 17.4. The Labute approximate surface area is 143 Å². The molecule has 4 heteroatoms. The van der Waals surface area contributed by atoms with Gasteiger partial charge in [-0.2, -0.15) is 0 Å². The van der Waals surface area contributed by atoms with E-state index in [0.29, 0.717) is 6.61 Å². The Morgan fingerprint density at radius 3 is 2.42 bits per heavy atom. The molecule has 1 atom stereocenters. The molecule has 1 N–H and O–H groups in total. The lowest BCUT2D eigenvalue weighted by Crippen LogP contribution is -2.31. The molecule has 0 aromatic heterocycles. The van der Waals surface area contributed by atoms with Gasteiger partial charge in [-0.1, -0.05) is 37.3 Å². The molecule has 2 rings (SSSR count). The highest BCUT2D eigenvalue weighted by molar-refractivity contribution is 5.78. The summed E-state index contributed by atoms with van der Waals surface area (Å²) in [7, 11) is 0. The van der Waals surface area contributed by atoms with Crippen LogP contribution in [-0.2, 0) is 11.2 Å². The Balaban J connectivity index is 1.87. The number of nitrogens with one attached hydrogen (secondary N) is 1. The van der Waals surface area contributed by atoms with Gasteiger partial charge in [0.25, 0.3) is 5.91 Å². The lowest BCUT2D eigenvalue weighted by Gasteiger charge is -2.16. The summed E-state index contributed by atoms with van der Waals surface area (Å²) in [6.07, 6.45) is 0.875. The van der Waals surface area contributed by atoms with Gasteiger partial charge in [0.15, 0.2) is 6.61 Å². The molecule has 0 saturated heterocycles. The summed E-state index contributed by atoms with van der Waals surface area (Å²) in [5.41, 5.74) is 2.13. The van der Waals surface area contributed by atoms with Gasteiger partial charge in [0, 0.05) is 0 Å². The summed E-state index contributed by atoms with van der Waals surface area (Å²) >= 11 is 0. The summed E-state index contributed by atoms with van der Waals surface area (Å²) in [6.45, 7) is 6.62. The van der Waals surface area contributed by atoms with Crippen LogP contribution in [0.3, 0.4) is 0 Å². The number of ether oxygens (including phenoxy) is 2. The van der Waals surface area contributed by atoms with Gasteiger partial charge in [0.2, 0.25) is 0 Å². The third-order valence-electron chi connectivity index (χ3n) is 3.78. The Morgan fingerprint density at radius 1 is 1.04 bits per heavy atom. The number of carbonyl (C=O) groups excluding carboxylic acids is 1. The molecule has 2 aromatic carbocycles. The van der Waals surface area contributed by atoms with Crippen LogP contribution in [-0.4, -0.2) is 19.1 Å². The van der Waals surface area contributed by atoms with Crippen molar-refractivity contribution in [2.24, 2.45) is 0 Å². The van der Waals surface area contributed by atoms with Crippen LogP contribution in [0.1, 0.15) is 37.9 Å². The van der Waals surface area contributed by atoms with Crippen molar-refractivity contribution in [3.8, 4) is 11.5 Å². The summed E-state index contributed by atoms with van der Waals surface area (Å²) in [5.74, 6) is 1.46. The number of carbonyl (C=O) groups is 1. The number of hydrogen-bond donors (Lipinski definition) is 1. The van der Waals surface area contributed by atoms with Crippen LogP contribution in [0.4, 0.5) is 0 Å². The average molecular weight is 327 g/mol. The Morgan fingerprint density at radius 2 is 1.75 bits per heavy atom. The van der Waals surface area contributed by atoms with E-state index in [4.69, 9.17) is 9.47 Å². The fourth-order valence-electron chi connectivity index (χ4n) is 2.47. The van der Waals surface area contributed by atoms with Crippen LogP contribution in [0.15, 0.2) is 48.5 Å². The van der Waals surface area contributed by atoms with Crippen LogP contribution < -0.4 is 14.8 Å². The zero-order valence-corrected chi connectivity index (χ0v) is 14.5. The number of hydrogen-bond acceptors (Lipinski definition) is 3. The van der Waals surface area contributed by atoms with Crippen molar-refractivity contribution in [1.82, 2.24) is 5.32 Å². The van der Waals surface area contributed by atoms with Crippen LogP contribution in [0.25, 0.3) is 0 Å². The number of para-hydroxylation sites is 1. The fourth-order valence-corrected chi connectivity index (χ4v) is 2.47. The van der Waals surface area contributed by atoms with Crippen molar-refractivity contribution >= 4 is 5.91 Å². The predicted octanol–water partition coefficient (Wildman–Crippen LogP) is 3.90. The molecule has 0 saturated carbocycles. The molecule has 0 heterocycles. The minimum atomic E-state index is -0.137. The van der Waals surface area contributed by atoms with Crippen molar-refractivity contribution in [3.05, 3.63) is 59.7 Å². The molecule has 0 aliphatic carbocycles. The number of rotatable bonds is 8. The van der Waals surface area contributed by atoms with Crippen LogP contribution >= 0.6 is 0 Å². The molecule has 128 valence electrons. The molecule has 0 fully saturated rings. The Hall–Kier alpha value is -2.49. The van der Waals surface area contributed by atoms with Crippen LogP contribution in [0.5, 0.6) is 11.5 Å². The highest BCUT2D eigenvalue weighted by Gasteiger charge is 2.11. The second-order valence-electron chi connectivity index (χ2n) is 5.54. The standard InChI is InChI=1S/C20H25NO3/c1-4-16-8-6-7-9-19(16)24-14-20(22)21-15(3)17-10-12-18(13-11-17)23-5-2/h6-13,15H,4-5,14H2,1-3H3,(H,21,22). The van der Waals surface area contributed by atoms with Crippen molar-refractivity contribution in [2.45, 2.75) is 33.2 Å². The fraction of sp³-hybridized carbons (Fsp3) is 0.350. The van der Waals surface area contributed by atoms with Gasteiger partial charge in [-0.3, -0.25) is 4.79 Å². The topological polar surface area (TPSA) is 47.6 Å². The second-order valence-corrected chi connectivity index (χ2v) is 5.54. The number of benzene rings is 2. The van der Waals surface area contributed by atoms with E-state index < -0.39 is 0 Å². The van der Waals surface area contributed by atoms with E-state index in [0.717, 1.165) is 29.0 Å². The first-order valence-corrected chi connectivity index (χ1v) is 8.36. The molecule has 1 unspecified atom stereocenters. The lowest BCUT2D eigenvalue weighted by atomic mass is 10.1. The Bertz CT molecular complexity index is 652. The first-order valence-electron chi connectivity index (χ1n) is 8.36. The second kappa shape index (κ2) is 8.96. The average Bonchev–Trinajstić information content (AvgIpc) is 2.61. The Kier molecular flexibility index (Phi) is 6.67. The first kappa shape index (κ1) is 17.9. The summed E-state index contributed by atoms with van der Waals surface area (Å²) in [6, 6.07) is 15.4. The molecule has 1 amide bonds. The van der Waals surface area contributed by atoms with Gasteiger partial charge in [-0.05, 0) is 49.6 Å². The molecule has 2 aromatic rings. The largest absolute Gasteiger partial charge is 0.494 e. The van der Waals surface area contributed by atoms with E-state index in [9.17, 15) is 4.79 Å². The van der Waals surface area contributed by atoms with E-state index in [1.54, 1.807) is 0 Å². The molecular weight excluding hydrogens is 302 g/mol. The predicted molar refractivity (Wildman–Crippen MR) is 95.5 cm³/mol. The molecule has 0 radical (unpaired) electrons. The monoisotopic (exact) mass is 327 g/mol. The third-order valence-corrected chi connectivity index (χ3v) is 3.78. The van der Waals surface area contributed by atoms with Gasteiger partial charge in [-0.15, -0.1) is 0 Å². The summed E-state index contributed by atoms with van der Waals surface area (Å²) < 4.78 is 11.1. The van der Waals surface area contributed by atoms with E-state index >= 15 is 0 Å². The van der Waals surface area contributed by atoms with Gasteiger partial charge in [0.1, 0.15) is 11.5 Å². The van der Waals surface area contributed by atoms with Crippen molar-refractivity contribution in [1.29, 1.82) is 0 Å². The van der Waals surface area contributed by atoms with E-state index in [-0.39, 0.29) is 18.6 Å². The van der Waals surface area contributed by atoms with Gasteiger partial charge in [-0.25, -0.2) is 0 Å². The summed E-state index contributed by atoms with van der Waals surface area (Å²) in [4.78, 5) is 12.1. The third kappa shape index (κ3) is 5.01. The normalized spacial score (nSPS) is 11.6. The SMILES string of the molecule is CCOc1ccc(C(C)NC(=O)COc2ccccc2CC)cc1. The first-order chi connectivity index (χ1) is 11.6. The molecule has 0 bridgehead atoms. The lowest BCUT2D eigenvalue weighted by molar-refractivity contribution is -0.123. The van der Waals surface area contributed by atoms with Crippen LogP contribution in [0.2, 0.25) is 0 Å². The van der Waals surface area contributed by atoms with E-state index in [1.165, 1.54) is 0 Å². The maximum Gasteiger partial charge on any atom is 0.258 e. The molecule has 0 aliphatic rings. The molecule has 0 spiro atoms. The molecule has 4 nitrogen and oxygen atoms in total. The van der Waals surface area contributed by atoms with Gasteiger partial charge < -0.3 is 14.8 Å². The van der Waals surface area contributed by atoms with Crippen LogP contribution in [0, 0.1) is 0 Å². The molecular formula is C20H25NO3. The molecule has 0 aliphatic heterocycles. The maximum absolute atomic E-state index is 12.1. The van der Waals surface area contributed by atoms with E-state index in [2.05, 4.69) is 12.2 Å². The van der Waals surface area contributed by atoms with Crippen molar-refractivity contribution < 1.29 is 14.3 Å². The zero-order valence-electron chi connectivity index (χ0n) is 14.5.